The first-order chi connectivity index (χ1) is 9.47. The molecule has 6 heteroatoms. The maximum Gasteiger partial charge on any atom is 0.157 e. The van der Waals surface area contributed by atoms with Crippen LogP contribution < -0.4 is 5.73 Å². The average molecular weight is 276 g/mol. The van der Waals surface area contributed by atoms with E-state index in [0.717, 1.165) is 48.0 Å². The molecule has 0 aliphatic rings. The predicted octanol–water partition coefficient (Wildman–Crippen LogP) is 1.32. The predicted molar refractivity (Wildman–Crippen MR) is 79.0 cm³/mol. The second kappa shape index (κ2) is 5.75. The highest BCUT2D eigenvalue weighted by atomic mass is 15.4. The third-order valence-corrected chi connectivity index (χ3v) is 3.39. The molecule has 0 saturated heterocycles. The molecule has 0 radical (unpaired) electrons. The summed E-state index contributed by atoms with van der Waals surface area (Å²) < 4.78 is 3.80. The zero-order valence-electron chi connectivity index (χ0n) is 13.0. The van der Waals surface area contributed by atoms with Gasteiger partial charge in [0.25, 0.3) is 0 Å². The van der Waals surface area contributed by atoms with E-state index >= 15 is 0 Å². The van der Waals surface area contributed by atoms with E-state index in [2.05, 4.69) is 29.0 Å². The van der Waals surface area contributed by atoms with Crippen molar-refractivity contribution in [2.45, 2.75) is 53.0 Å². The number of rotatable bonds is 5. The van der Waals surface area contributed by atoms with Crippen LogP contribution in [0.1, 0.15) is 43.7 Å². The van der Waals surface area contributed by atoms with Gasteiger partial charge in [-0.2, -0.15) is 9.78 Å². The number of aryl methyl sites for hydroxylation is 4. The summed E-state index contributed by atoms with van der Waals surface area (Å²) in [6.45, 7) is 8.19. The molecule has 0 amide bonds. The SMILES string of the molecule is CCc1nc(CC)n(-c2c(CC(C)N)c(C)nn2C)n1. The van der Waals surface area contributed by atoms with Crippen molar-refractivity contribution < 1.29 is 0 Å². The van der Waals surface area contributed by atoms with Gasteiger partial charge in [0.05, 0.1) is 5.69 Å². The number of nitrogens with two attached hydrogens (primary N) is 1. The Morgan fingerprint density at radius 3 is 2.45 bits per heavy atom. The van der Waals surface area contributed by atoms with Crippen LogP contribution in [0.15, 0.2) is 0 Å². The summed E-state index contributed by atoms with van der Waals surface area (Å²) >= 11 is 0. The Hall–Kier alpha value is -1.69. The van der Waals surface area contributed by atoms with Crippen molar-refractivity contribution in [3.8, 4) is 5.82 Å². The lowest BCUT2D eigenvalue weighted by atomic mass is 10.1. The molecule has 0 bridgehead atoms. The minimum atomic E-state index is 0.0934. The molecule has 0 aliphatic carbocycles. The van der Waals surface area contributed by atoms with Crippen molar-refractivity contribution in [1.29, 1.82) is 0 Å². The zero-order chi connectivity index (χ0) is 14.9. The number of hydrogen-bond donors (Lipinski definition) is 1. The molecule has 0 spiro atoms. The van der Waals surface area contributed by atoms with Gasteiger partial charge in [0, 0.05) is 31.5 Å². The van der Waals surface area contributed by atoms with E-state index in [0.29, 0.717) is 0 Å². The highest BCUT2D eigenvalue weighted by Crippen LogP contribution is 2.20. The molecular formula is C14H24N6. The molecule has 1 unspecified atom stereocenters. The van der Waals surface area contributed by atoms with Gasteiger partial charge in [0.1, 0.15) is 5.82 Å². The quantitative estimate of drug-likeness (QED) is 0.894. The smallest absolute Gasteiger partial charge is 0.157 e. The summed E-state index contributed by atoms with van der Waals surface area (Å²) in [7, 11) is 1.94. The molecule has 110 valence electrons. The van der Waals surface area contributed by atoms with Crippen LogP contribution in [0.25, 0.3) is 5.82 Å². The summed E-state index contributed by atoms with van der Waals surface area (Å²) in [4.78, 5) is 4.57. The van der Waals surface area contributed by atoms with E-state index in [1.54, 1.807) is 0 Å². The average Bonchev–Trinajstić information content (AvgIpc) is 2.90. The van der Waals surface area contributed by atoms with Crippen LogP contribution in [0.3, 0.4) is 0 Å². The molecular weight excluding hydrogens is 252 g/mol. The molecule has 2 aromatic rings. The van der Waals surface area contributed by atoms with E-state index in [1.165, 1.54) is 0 Å². The third-order valence-electron chi connectivity index (χ3n) is 3.39. The molecule has 2 aromatic heterocycles. The van der Waals surface area contributed by atoms with Crippen molar-refractivity contribution in [3.05, 3.63) is 22.9 Å². The molecule has 0 aromatic carbocycles. The molecule has 2 N–H and O–H groups in total. The van der Waals surface area contributed by atoms with Crippen LogP contribution in [0, 0.1) is 6.92 Å². The van der Waals surface area contributed by atoms with Crippen molar-refractivity contribution in [3.63, 3.8) is 0 Å². The Kier molecular flexibility index (Phi) is 4.23. The number of aromatic nitrogens is 5. The molecule has 6 nitrogen and oxygen atoms in total. The summed E-state index contributed by atoms with van der Waals surface area (Å²) in [5, 5.41) is 9.14. The molecule has 1 atom stereocenters. The minimum Gasteiger partial charge on any atom is -0.328 e. The number of nitrogens with zero attached hydrogens (tertiary/aromatic N) is 5. The monoisotopic (exact) mass is 276 g/mol. The lowest BCUT2D eigenvalue weighted by Gasteiger charge is -2.10. The van der Waals surface area contributed by atoms with Crippen molar-refractivity contribution in [2.75, 3.05) is 0 Å². The molecule has 20 heavy (non-hydrogen) atoms. The topological polar surface area (TPSA) is 74.6 Å². The third kappa shape index (κ3) is 2.60. The summed E-state index contributed by atoms with van der Waals surface area (Å²) in [5.41, 5.74) is 8.14. The normalized spacial score (nSPS) is 12.9. The maximum atomic E-state index is 5.97. The largest absolute Gasteiger partial charge is 0.328 e. The van der Waals surface area contributed by atoms with E-state index < -0.39 is 0 Å². The first-order valence-corrected chi connectivity index (χ1v) is 7.21. The van der Waals surface area contributed by atoms with E-state index in [4.69, 9.17) is 5.73 Å². The van der Waals surface area contributed by atoms with Crippen LogP contribution in [0.2, 0.25) is 0 Å². The van der Waals surface area contributed by atoms with E-state index in [-0.39, 0.29) is 6.04 Å². The first kappa shape index (κ1) is 14.7. The zero-order valence-corrected chi connectivity index (χ0v) is 13.0. The van der Waals surface area contributed by atoms with Gasteiger partial charge >= 0.3 is 0 Å². The fourth-order valence-corrected chi connectivity index (χ4v) is 2.46. The Morgan fingerprint density at radius 1 is 1.20 bits per heavy atom. The van der Waals surface area contributed by atoms with E-state index in [1.807, 2.05) is 30.3 Å². The van der Waals surface area contributed by atoms with Crippen molar-refractivity contribution >= 4 is 0 Å². The molecule has 0 saturated carbocycles. The van der Waals surface area contributed by atoms with Gasteiger partial charge in [-0.15, -0.1) is 5.10 Å². The van der Waals surface area contributed by atoms with E-state index in [9.17, 15) is 0 Å². The van der Waals surface area contributed by atoms with Gasteiger partial charge in [-0.3, -0.25) is 4.68 Å². The summed E-state index contributed by atoms with van der Waals surface area (Å²) in [6.07, 6.45) is 2.47. The fourth-order valence-electron chi connectivity index (χ4n) is 2.46. The molecule has 0 aliphatic heterocycles. The second-order valence-corrected chi connectivity index (χ2v) is 5.26. The highest BCUT2D eigenvalue weighted by Gasteiger charge is 2.20. The molecule has 2 rings (SSSR count). The minimum absolute atomic E-state index is 0.0934. The Bertz CT molecular complexity index is 593. The highest BCUT2D eigenvalue weighted by molar-refractivity contribution is 5.38. The first-order valence-electron chi connectivity index (χ1n) is 7.21. The molecule has 0 fully saturated rings. The van der Waals surface area contributed by atoms with Crippen molar-refractivity contribution in [1.82, 2.24) is 24.5 Å². The Balaban J connectivity index is 2.59. The van der Waals surface area contributed by atoms with Crippen molar-refractivity contribution in [2.24, 2.45) is 12.8 Å². The van der Waals surface area contributed by atoms with Gasteiger partial charge in [-0.1, -0.05) is 13.8 Å². The van der Waals surface area contributed by atoms with Crippen LogP contribution in [0.5, 0.6) is 0 Å². The number of hydrogen-bond acceptors (Lipinski definition) is 4. The van der Waals surface area contributed by atoms with Crippen LogP contribution >= 0.6 is 0 Å². The fraction of sp³-hybridized carbons (Fsp3) is 0.643. The second-order valence-electron chi connectivity index (χ2n) is 5.26. The standard InChI is InChI=1S/C14H24N6/c1-6-12-16-13(7-2)20(18-12)14-11(8-9(3)15)10(4)17-19(14)5/h9H,6-8,15H2,1-5H3. The maximum absolute atomic E-state index is 5.97. The lowest BCUT2D eigenvalue weighted by Crippen LogP contribution is -2.20. The van der Waals surface area contributed by atoms with Crippen LogP contribution in [0.4, 0.5) is 0 Å². The van der Waals surface area contributed by atoms with Crippen LogP contribution in [-0.2, 0) is 26.3 Å². The van der Waals surface area contributed by atoms with Gasteiger partial charge in [0.15, 0.2) is 11.6 Å². The van der Waals surface area contributed by atoms with Gasteiger partial charge < -0.3 is 5.73 Å². The molecule has 2 heterocycles. The summed E-state index contributed by atoms with van der Waals surface area (Å²) in [5.74, 6) is 2.83. The van der Waals surface area contributed by atoms with Gasteiger partial charge in [0.2, 0.25) is 0 Å². The van der Waals surface area contributed by atoms with Gasteiger partial charge in [-0.05, 0) is 20.3 Å². The lowest BCUT2D eigenvalue weighted by molar-refractivity contribution is 0.661. The summed E-state index contributed by atoms with van der Waals surface area (Å²) in [6, 6.07) is 0.0934. The Labute approximate surface area is 120 Å². The van der Waals surface area contributed by atoms with Gasteiger partial charge in [-0.25, -0.2) is 4.98 Å². The Morgan fingerprint density at radius 2 is 1.90 bits per heavy atom. The van der Waals surface area contributed by atoms with Crippen LogP contribution in [-0.4, -0.2) is 30.6 Å².